The van der Waals surface area contributed by atoms with E-state index in [4.69, 9.17) is 31.0 Å². The number of nitrogens with two attached hydrogens (primary N) is 1. The van der Waals surface area contributed by atoms with Gasteiger partial charge in [-0.1, -0.05) is 47.0 Å². The molecule has 3 N–H and O–H groups in total. The molecular weight excluding hydrogens is 515 g/mol. The van der Waals surface area contributed by atoms with E-state index < -0.39 is 0 Å². The number of methoxy groups -OCH3 is 2. The van der Waals surface area contributed by atoms with Crippen LogP contribution in [-0.4, -0.2) is 34.4 Å². The van der Waals surface area contributed by atoms with E-state index in [9.17, 15) is 0 Å². The second kappa shape index (κ2) is 13.8. The van der Waals surface area contributed by atoms with Crippen LogP contribution in [0.4, 0.5) is 5.69 Å². The van der Waals surface area contributed by atoms with E-state index in [1.807, 2.05) is 18.2 Å². The molecular formula is C28H35N3O3Y-2. The molecule has 0 bridgehead atoms. The molecule has 0 spiro atoms. The molecule has 0 saturated carbocycles. The second-order valence-corrected chi connectivity index (χ2v) is 8.30. The van der Waals surface area contributed by atoms with Crippen molar-refractivity contribution in [3.8, 4) is 17.2 Å². The van der Waals surface area contributed by atoms with Crippen molar-refractivity contribution in [1.82, 2.24) is 0 Å². The van der Waals surface area contributed by atoms with Crippen molar-refractivity contribution < 1.29 is 46.9 Å². The molecule has 1 heterocycles. The molecule has 0 saturated heterocycles. The summed E-state index contributed by atoms with van der Waals surface area (Å²) in [6.07, 6.45) is 1.65. The summed E-state index contributed by atoms with van der Waals surface area (Å²) in [7, 11) is 4.56. The second-order valence-electron chi connectivity index (χ2n) is 8.30. The zero-order valence-corrected chi connectivity index (χ0v) is 24.2. The number of hydrogen-bond donors (Lipinski definition) is 1. The molecule has 3 aromatic rings. The van der Waals surface area contributed by atoms with E-state index in [-0.39, 0.29) is 38.8 Å². The Balaban J connectivity index is 0.00000140. The van der Waals surface area contributed by atoms with Crippen molar-refractivity contribution >= 4 is 5.69 Å². The molecule has 35 heavy (non-hydrogen) atoms. The van der Waals surface area contributed by atoms with Crippen LogP contribution in [0.5, 0.6) is 17.2 Å². The molecule has 1 aliphatic heterocycles. The Morgan fingerprint density at radius 2 is 1.66 bits per heavy atom. The molecule has 7 heteroatoms. The average Bonchev–Trinajstić information content (AvgIpc) is 2.85. The molecule has 6 nitrogen and oxygen atoms in total. The van der Waals surface area contributed by atoms with Crippen molar-refractivity contribution in [1.29, 1.82) is 0 Å². The largest absolute Gasteiger partial charge is 0.680 e. The monoisotopic (exact) mass is 550 g/mol. The first-order valence-corrected chi connectivity index (χ1v) is 11.5. The summed E-state index contributed by atoms with van der Waals surface area (Å²) < 4.78 is 17.2. The average molecular weight is 551 g/mol. The Morgan fingerprint density at radius 1 is 0.914 bits per heavy atom. The van der Waals surface area contributed by atoms with Crippen LogP contribution in [0.25, 0.3) is 11.1 Å². The Kier molecular flexibility index (Phi) is 11.5. The van der Waals surface area contributed by atoms with Crippen LogP contribution >= 0.6 is 0 Å². The van der Waals surface area contributed by atoms with Crippen molar-refractivity contribution in [2.75, 3.05) is 40.2 Å². The van der Waals surface area contributed by atoms with Crippen molar-refractivity contribution in [2.45, 2.75) is 32.7 Å². The normalized spacial score (nSPS) is 14.1. The zero-order chi connectivity index (χ0) is 24.7. The van der Waals surface area contributed by atoms with Gasteiger partial charge in [0.1, 0.15) is 5.75 Å². The van der Waals surface area contributed by atoms with Gasteiger partial charge in [0.25, 0.3) is 0 Å². The van der Waals surface area contributed by atoms with Gasteiger partial charge in [0, 0.05) is 39.1 Å². The summed E-state index contributed by atoms with van der Waals surface area (Å²) >= 11 is 0. The minimum atomic E-state index is 0. The van der Waals surface area contributed by atoms with Gasteiger partial charge in [-0.05, 0) is 61.2 Å². The van der Waals surface area contributed by atoms with E-state index in [2.05, 4.69) is 44.2 Å². The molecule has 0 amide bonds. The quantitative estimate of drug-likeness (QED) is 0.354. The first-order valence-electron chi connectivity index (χ1n) is 11.5. The molecule has 185 valence electrons. The fourth-order valence-corrected chi connectivity index (χ4v) is 4.36. The number of ether oxygens (including phenoxy) is 3. The van der Waals surface area contributed by atoms with Gasteiger partial charge in [-0.25, -0.2) is 0 Å². The summed E-state index contributed by atoms with van der Waals surface area (Å²) in [6, 6.07) is 16.7. The molecule has 0 aliphatic carbocycles. The van der Waals surface area contributed by atoms with Gasteiger partial charge in [-0.3, -0.25) is 0 Å². The third kappa shape index (κ3) is 6.98. The van der Waals surface area contributed by atoms with Crippen molar-refractivity contribution in [3.05, 3.63) is 93.0 Å². The van der Waals surface area contributed by atoms with E-state index in [0.29, 0.717) is 18.0 Å². The SMILES string of the molecule is COc1cc(CCOc2cc3c(cc2OC)CC[N-]C3c2ccc(C)cc2C)ccc1N.C[NH-].[Y]. The topological polar surface area (TPSA) is 91.6 Å². The number of nitrogen functional groups attached to an aromatic ring is 1. The Bertz CT molecular complexity index is 1120. The van der Waals surface area contributed by atoms with E-state index >= 15 is 0 Å². The molecule has 3 aromatic carbocycles. The van der Waals surface area contributed by atoms with E-state index in [1.54, 1.807) is 14.2 Å². The molecule has 1 aliphatic rings. The summed E-state index contributed by atoms with van der Waals surface area (Å²) in [5.41, 5.74) is 19.7. The van der Waals surface area contributed by atoms with Gasteiger partial charge < -0.3 is 31.0 Å². The number of benzene rings is 3. The minimum absolute atomic E-state index is 0. The molecule has 1 atom stereocenters. The third-order valence-electron chi connectivity index (χ3n) is 6.08. The predicted octanol–water partition coefficient (Wildman–Crippen LogP) is 6.21. The molecule has 4 rings (SSSR count). The van der Waals surface area contributed by atoms with Gasteiger partial charge in [-0.15, -0.1) is 6.54 Å². The number of hydrogen-bond acceptors (Lipinski definition) is 4. The van der Waals surface area contributed by atoms with E-state index in [1.165, 1.54) is 34.9 Å². The molecule has 0 aromatic heterocycles. The smallest absolute Gasteiger partial charge is 0.161 e. The zero-order valence-electron chi connectivity index (χ0n) is 21.4. The van der Waals surface area contributed by atoms with Gasteiger partial charge >= 0.3 is 0 Å². The van der Waals surface area contributed by atoms with Crippen LogP contribution in [0.3, 0.4) is 0 Å². The van der Waals surface area contributed by atoms with Crippen LogP contribution in [0.15, 0.2) is 48.5 Å². The van der Waals surface area contributed by atoms with Crippen LogP contribution in [-0.2, 0) is 45.6 Å². The summed E-state index contributed by atoms with van der Waals surface area (Å²) in [6.45, 7) is 5.62. The van der Waals surface area contributed by atoms with Gasteiger partial charge in [0.15, 0.2) is 11.5 Å². The maximum atomic E-state index is 6.20. The molecule has 1 radical (unpaired) electrons. The van der Waals surface area contributed by atoms with E-state index in [0.717, 1.165) is 36.4 Å². The predicted molar refractivity (Wildman–Crippen MR) is 140 cm³/mol. The number of aryl methyl sites for hydroxylation is 2. The standard InChI is InChI=1S/C27H31N2O3.CH4N.Y/c1-17-5-7-21(18(2)13-17)27-22-16-26(25(31-4)15-20(22)9-11-29-27)32-12-10-19-6-8-23(28)24(14-19)30-3;1-2;/h5-8,13-16,27H,9-12,28H2,1-4H3;2H,1H3;/q2*-1;. The van der Waals surface area contributed by atoms with Crippen LogP contribution in [0.1, 0.15) is 39.4 Å². The van der Waals surface area contributed by atoms with Gasteiger partial charge in [-0.2, -0.15) is 7.05 Å². The molecule has 1 unspecified atom stereocenters. The number of fused-ring (bicyclic) bond motifs is 1. The number of rotatable bonds is 7. The summed E-state index contributed by atoms with van der Waals surface area (Å²) in [4.78, 5) is 0. The fraction of sp³-hybridized carbons (Fsp3) is 0.357. The summed E-state index contributed by atoms with van der Waals surface area (Å²) in [5, 5.41) is 4.96. The molecule has 0 fully saturated rings. The first kappa shape index (κ1) is 29.1. The Hall–Kier alpha value is -2.12. The Labute approximate surface area is 234 Å². The number of nitrogens with zero attached hydrogens (tertiary/aromatic N) is 1. The number of nitrogens with one attached hydrogen (secondary N) is 1. The van der Waals surface area contributed by atoms with Crippen molar-refractivity contribution in [3.63, 3.8) is 0 Å². The fourth-order valence-electron chi connectivity index (χ4n) is 4.36. The third-order valence-corrected chi connectivity index (χ3v) is 6.08. The van der Waals surface area contributed by atoms with Crippen LogP contribution in [0, 0.1) is 13.8 Å². The van der Waals surface area contributed by atoms with Crippen LogP contribution < -0.4 is 19.9 Å². The van der Waals surface area contributed by atoms with Gasteiger partial charge in [0.05, 0.1) is 26.5 Å². The number of anilines is 1. The minimum Gasteiger partial charge on any atom is -0.680 e. The van der Waals surface area contributed by atoms with Gasteiger partial charge in [0.2, 0.25) is 0 Å². The van der Waals surface area contributed by atoms with Crippen LogP contribution in [0.2, 0.25) is 0 Å². The first-order chi connectivity index (χ1) is 16.5. The van der Waals surface area contributed by atoms with Crippen molar-refractivity contribution in [2.24, 2.45) is 0 Å². The summed E-state index contributed by atoms with van der Waals surface area (Å²) in [5.74, 6) is 2.20. The maximum Gasteiger partial charge on any atom is 0.161 e. The Morgan fingerprint density at radius 3 is 2.34 bits per heavy atom. The maximum absolute atomic E-state index is 6.20.